The smallest absolute Gasteiger partial charge is 0.290 e. The van der Waals surface area contributed by atoms with Crippen molar-refractivity contribution in [1.29, 1.82) is 0 Å². The lowest BCUT2D eigenvalue weighted by atomic mass is 10.1. The second-order valence-corrected chi connectivity index (χ2v) is 7.32. The summed E-state index contributed by atoms with van der Waals surface area (Å²) < 4.78 is 14.5. The van der Waals surface area contributed by atoms with Gasteiger partial charge in [0, 0.05) is 11.3 Å². The summed E-state index contributed by atoms with van der Waals surface area (Å²) in [7, 11) is 0. The van der Waals surface area contributed by atoms with Gasteiger partial charge in [-0.15, -0.1) is 5.10 Å². The lowest BCUT2D eigenvalue weighted by Crippen LogP contribution is -2.17. The molecule has 0 aliphatic rings. The van der Waals surface area contributed by atoms with E-state index in [-0.39, 0.29) is 17.5 Å². The number of aromatic amines is 1. The van der Waals surface area contributed by atoms with Crippen molar-refractivity contribution in [2.45, 2.75) is 12.1 Å². The standard InChI is InChI=1S/C20H16FN5O2S/c1-12-3-2-4-15(9-12)22-18(27)11-29-20-24-23-19(28)17-10-16(25-26(17)20)13-5-7-14(21)8-6-13/h2-10H,11H2,1H3,(H,22,27)(H,23,28). The SMILES string of the molecule is Cc1cccc(NC(=O)CSc2n[nH]c(=O)c3cc(-c4ccc(F)cc4)nn23)c1. The van der Waals surface area contributed by atoms with Gasteiger partial charge in [-0.1, -0.05) is 23.9 Å². The molecule has 1 amide bonds. The van der Waals surface area contributed by atoms with Crippen LogP contribution in [0.4, 0.5) is 10.1 Å². The zero-order valence-electron chi connectivity index (χ0n) is 15.3. The van der Waals surface area contributed by atoms with Gasteiger partial charge in [0.1, 0.15) is 11.3 Å². The molecule has 0 bridgehead atoms. The molecule has 2 heterocycles. The van der Waals surface area contributed by atoms with Gasteiger partial charge in [0.05, 0.1) is 11.4 Å². The summed E-state index contributed by atoms with van der Waals surface area (Å²) >= 11 is 1.15. The Kier molecular flexibility index (Phi) is 5.13. The molecule has 4 rings (SSSR count). The number of carbonyl (C=O) groups is 1. The number of benzene rings is 2. The van der Waals surface area contributed by atoms with Crippen LogP contribution in [0.15, 0.2) is 64.5 Å². The highest BCUT2D eigenvalue weighted by atomic mass is 32.2. The fourth-order valence-corrected chi connectivity index (χ4v) is 3.50. The molecule has 2 aromatic carbocycles. The second kappa shape index (κ2) is 7.88. The number of rotatable bonds is 5. The third-order valence-corrected chi connectivity index (χ3v) is 5.08. The number of aryl methyl sites for hydroxylation is 1. The Hall–Kier alpha value is -3.46. The number of aromatic nitrogens is 4. The predicted octanol–water partition coefficient (Wildman–Crippen LogP) is 3.26. The lowest BCUT2D eigenvalue weighted by molar-refractivity contribution is -0.113. The highest BCUT2D eigenvalue weighted by molar-refractivity contribution is 7.99. The molecule has 0 saturated heterocycles. The first-order chi connectivity index (χ1) is 14.0. The highest BCUT2D eigenvalue weighted by Crippen LogP contribution is 2.22. The number of hydrogen-bond acceptors (Lipinski definition) is 5. The average molecular weight is 409 g/mol. The van der Waals surface area contributed by atoms with Gasteiger partial charge in [0.15, 0.2) is 0 Å². The van der Waals surface area contributed by atoms with E-state index in [0.29, 0.717) is 27.6 Å². The molecule has 0 saturated carbocycles. The minimum absolute atomic E-state index is 0.0911. The molecule has 4 aromatic rings. The van der Waals surface area contributed by atoms with Crippen molar-refractivity contribution in [2.24, 2.45) is 0 Å². The molecule has 2 aromatic heterocycles. The minimum atomic E-state index is -0.403. The van der Waals surface area contributed by atoms with Gasteiger partial charge < -0.3 is 5.32 Å². The topological polar surface area (TPSA) is 92.1 Å². The fourth-order valence-electron chi connectivity index (χ4n) is 2.80. The van der Waals surface area contributed by atoms with Crippen LogP contribution >= 0.6 is 11.8 Å². The van der Waals surface area contributed by atoms with E-state index in [1.807, 2.05) is 31.2 Å². The number of nitrogens with zero attached hydrogens (tertiary/aromatic N) is 3. The Morgan fingerprint density at radius 3 is 2.76 bits per heavy atom. The number of anilines is 1. The van der Waals surface area contributed by atoms with Crippen molar-refractivity contribution in [1.82, 2.24) is 19.8 Å². The summed E-state index contributed by atoms with van der Waals surface area (Å²) in [5.41, 5.74) is 2.83. The van der Waals surface area contributed by atoms with Crippen molar-refractivity contribution in [3.63, 3.8) is 0 Å². The van der Waals surface area contributed by atoms with E-state index in [0.717, 1.165) is 17.3 Å². The largest absolute Gasteiger partial charge is 0.325 e. The van der Waals surface area contributed by atoms with Crippen molar-refractivity contribution >= 4 is 28.9 Å². The maximum Gasteiger partial charge on any atom is 0.290 e. The Morgan fingerprint density at radius 1 is 1.21 bits per heavy atom. The number of fused-ring (bicyclic) bond motifs is 1. The molecule has 7 nitrogen and oxygen atoms in total. The molecule has 2 N–H and O–H groups in total. The minimum Gasteiger partial charge on any atom is -0.325 e. The zero-order chi connectivity index (χ0) is 20.4. The Bertz CT molecular complexity index is 1250. The van der Waals surface area contributed by atoms with Crippen LogP contribution in [-0.2, 0) is 4.79 Å². The summed E-state index contributed by atoms with van der Waals surface area (Å²) in [5, 5.41) is 14.0. The maximum atomic E-state index is 13.2. The quantitative estimate of drug-likeness (QED) is 0.494. The summed E-state index contributed by atoms with van der Waals surface area (Å²) in [5.74, 6) is -0.464. The van der Waals surface area contributed by atoms with Gasteiger partial charge in [0.2, 0.25) is 11.1 Å². The van der Waals surface area contributed by atoms with E-state index in [9.17, 15) is 14.0 Å². The van der Waals surface area contributed by atoms with Gasteiger partial charge in [-0.2, -0.15) is 5.10 Å². The summed E-state index contributed by atoms with van der Waals surface area (Å²) in [6, 6.07) is 14.9. The molecule has 0 atom stereocenters. The fraction of sp³-hybridized carbons (Fsp3) is 0.100. The van der Waals surface area contributed by atoms with Crippen LogP contribution in [0.2, 0.25) is 0 Å². The number of amides is 1. The van der Waals surface area contributed by atoms with Crippen LogP contribution in [0.25, 0.3) is 16.8 Å². The third kappa shape index (κ3) is 4.19. The summed E-state index contributed by atoms with van der Waals surface area (Å²) in [4.78, 5) is 24.4. The van der Waals surface area contributed by atoms with Gasteiger partial charge in [-0.3, -0.25) is 9.59 Å². The molecule has 146 valence electrons. The third-order valence-electron chi connectivity index (χ3n) is 4.15. The first kappa shape index (κ1) is 18.9. The molecule has 0 aliphatic heterocycles. The van der Waals surface area contributed by atoms with Crippen molar-refractivity contribution < 1.29 is 9.18 Å². The van der Waals surface area contributed by atoms with Gasteiger partial charge >= 0.3 is 0 Å². The van der Waals surface area contributed by atoms with Crippen LogP contribution in [-0.4, -0.2) is 31.5 Å². The predicted molar refractivity (Wildman–Crippen MR) is 110 cm³/mol. The van der Waals surface area contributed by atoms with Crippen molar-refractivity contribution in [3.05, 3.63) is 76.3 Å². The number of carbonyl (C=O) groups excluding carboxylic acids is 1. The average Bonchev–Trinajstić information content (AvgIpc) is 3.14. The zero-order valence-corrected chi connectivity index (χ0v) is 16.2. The molecule has 0 unspecified atom stereocenters. The van der Waals surface area contributed by atoms with Crippen LogP contribution in [0, 0.1) is 12.7 Å². The van der Waals surface area contributed by atoms with Gasteiger partial charge in [-0.05, 0) is 55.0 Å². The summed E-state index contributed by atoms with van der Waals surface area (Å²) in [6.07, 6.45) is 0. The summed E-state index contributed by atoms with van der Waals surface area (Å²) in [6.45, 7) is 1.95. The van der Waals surface area contributed by atoms with E-state index >= 15 is 0 Å². The Labute approximate surface area is 169 Å². The van der Waals surface area contributed by atoms with E-state index in [1.165, 1.54) is 16.6 Å². The van der Waals surface area contributed by atoms with E-state index in [2.05, 4.69) is 20.6 Å². The first-order valence-corrected chi connectivity index (χ1v) is 9.72. The maximum absolute atomic E-state index is 13.2. The molecular weight excluding hydrogens is 393 g/mol. The molecule has 29 heavy (non-hydrogen) atoms. The van der Waals surface area contributed by atoms with Crippen LogP contribution < -0.4 is 10.9 Å². The second-order valence-electron chi connectivity index (χ2n) is 6.38. The lowest BCUT2D eigenvalue weighted by Gasteiger charge is -2.06. The monoisotopic (exact) mass is 409 g/mol. The normalized spacial score (nSPS) is 11.0. The van der Waals surface area contributed by atoms with Crippen molar-refractivity contribution in [3.8, 4) is 11.3 Å². The van der Waals surface area contributed by atoms with Crippen LogP contribution in [0.5, 0.6) is 0 Å². The molecule has 0 radical (unpaired) electrons. The van der Waals surface area contributed by atoms with Crippen molar-refractivity contribution in [2.75, 3.05) is 11.1 Å². The Balaban J connectivity index is 1.56. The van der Waals surface area contributed by atoms with Gasteiger partial charge in [-0.25, -0.2) is 14.0 Å². The van der Waals surface area contributed by atoms with E-state index in [4.69, 9.17) is 0 Å². The van der Waals surface area contributed by atoms with Gasteiger partial charge in [0.25, 0.3) is 5.56 Å². The number of thioether (sulfide) groups is 1. The first-order valence-electron chi connectivity index (χ1n) is 8.73. The highest BCUT2D eigenvalue weighted by Gasteiger charge is 2.14. The molecule has 0 spiro atoms. The molecule has 9 heteroatoms. The molecule has 0 fully saturated rings. The van der Waals surface area contributed by atoms with Crippen LogP contribution in [0.1, 0.15) is 5.56 Å². The van der Waals surface area contributed by atoms with E-state index in [1.54, 1.807) is 18.2 Å². The number of H-pyrrole nitrogens is 1. The number of nitrogens with one attached hydrogen (secondary N) is 2. The molecular formula is C20H16FN5O2S. The van der Waals surface area contributed by atoms with E-state index < -0.39 is 5.56 Å². The Morgan fingerprint density at radius 2 is 2.00 bits per heavy atom. The molecule has 0 aliphatic carbocycles. The number of hydrogen-bond donors (Lipinski definition) is 2. The van der Waals surface area contributed by atoms with Crippen LogP contribution in [0.3, 0.4) is 0 Å². The number of halogens is 1.